The summed E-state index contributed by atoms with van der Waals surface area (Å²) in [6.07, 6.45) is 0. The number of benzene rings is 12. The summed E-state index contributed by atoms with van der Waals surface area (Å²) in [6.45, 7) is 9.11. The first-order valence-electron chi connectivity index (χ1n) is 30.4. The van der Waals surface area contributed by atoms with Gasteiger partial charge in [-0.05, 0) is 149 Å². The van der Waals surface area contributed by atoms with Crippen LogP contribution in [0.25, 0.3) is 89.6 Å². The first kappa shape index (κ1) is 51.5. The Kier molecular flexibility index (Phi) is 10.8. The summed E-state index contributed by atoms with van der Waals surface area (Å²) in [5.41, 5.74) is 19.7. The maximum atomic E-state index is 17.3. The highest BCUT2D eigenvalue weighted by atomic mass is 28.3. The summed E-state index contributed by atoms with van der Waals surface area (Å²) < 4.78 is 50.1. The van der Waals surface area contributed by atoms with Crippen molar-refractivity contribution in [1.29, 1.82) is 0 Å². The topological polar surface area (TPSA) is 58.5 Å². The number of hydrogen-bond acceptors (Lipinski definition) is 6. The number of aromatic nitrogens is 2. The predicted octanol–water partition coefficient (Wildman–Crippen LogP) is 18.5. The number of anilines is 6. The molecule has 9 heteroatoms. The Labute approximate surface area is 514 Å². The molecule has 2 aliphatic heterocycles. The van der Waals surface area contributed by atoms with Gasteiger partial charge >= 0.3 is 0 Å². The first-order valence-corrected chi connectivity index (χ1v) is 32.4. The Morgan fingerprint density at radius 2 is 0.685 bits per heavy atom. The van der Waals surface area contributed by atoms with Crippen molar-refractivity contribution in [3.05, 3.63) is 289 Å². The van der Waals surface area contributed by atoms with Crippen LogP contribution in [-0.2, 0) is 10.8 Å². The van der Waals surface area contributed by atoms with E-state index in [1.54, 1.807) is 12.1 Å². The molecule has 0 N–H and O–H groups in total. The SMILES string of the molecule is CC1(C)c2ccccc2-c2cccc(-c3nc4c(N(c5ccccc5)c5ccccc5F)cc5c(c4o3)-c3c(cc(N(c4ccccc4)c4ccccc4F)c4nc(-c6cccc7c6C(C)(C)c6ccccc6-7)oc34)[Si]53c4ccccc4-c4ccccc43)c21. The van der Waals surface area contributed by atoms with Gasteiger partial charge in [0.2, 0.25) is 11.8 Å². The highest BCUT2D eigenvalue weighted by Gasteiger charge is 2.57. The van der Waals surface area contributed by atoms with E-state index in [-0.39, 0.29) is 0 Å². The van der Waals surface area contributed by atoms with E-state index >= 15 is 8.78 Å². The summed E-state index contributed by atoms with van der Waals surface area (Å²) in [5, 5.41) is 4.38. The second kappa shape index (κ2) is 18.6. The van der Waals surface area contributed by atoms with Gasteiger partial charge < -0.3 is 18.6 Å². The molecule has 2 aromatic heterocycles. The molecule has 424 valence electrons. The number of para-hydroxylation sites is 4. The summed E-state index contributed by atoms with van der Waals surface area (Å²) >= 11 is 0. The first-order chi connectivity index (χ1) is 43.5. The average Bonchev–Trinajstić information content (AvgIpc) is 1.51. The highest BCUT2D eigenvalue weighted by molar-refractivity contribution is 7.24. The molecule has 89 heavy (non-hydrogen) atoms. The van der Waals surface area contributed by atoms with E-state index < -0.39 is 30.5 Å². The van der Waals surface area contributed by atoms with Crippen LogP contribution in [-0.4, -0.2) is 18.0 Å². The minimum atomic E-state index is -3.69. The fraction of sp³-hybridized carbons (Fsp3) is 0.0750. The van der Waals surface area contributed by atoms with Crippen LogP contribution >= 0.6 is 0 Å². The molecule has 1 spiro atoms. The highest BCUT2D eigenvalue weighted by Crippen LogP contribution is 2.57. The molecule has 0 saturated carbocycles. The number of oxazole rings is 2. The van der Waals surface area contributed by atoms with Crippen molar-refractivity contribution in [3.63, 3.8) is 0 Å². The lowest BCUT2D eigenvalue weighted by molar-refractivity contribution is 0.608. The molecule has 0 saturated heterocycles. The lowest BCUT2D eigenvalue weighted by Gasteiger charge is -2.31. The van der Waals surface area contributed by atoms with Crippen LogP contribution in [0.5, 0.6) is 0 Å². The van der Waals surface area contributed by atoms with E-state index in [2.05, 4.69) is 173 Å². The standard InChI is InChI=1S/C80H54F2N4O2Si/c1-79(2)57-37-15-11-29-49(57)53-33-23-35-55(71(53)79)77-83-73-63(85(47-25-7-5-8-26-47)61-41-19-17-39-59(61)81)45-67-69(75(73)87-77)70-68(89(67)65-43-21-13-31-51(65)52-32-14-22-44-66(52)89)46-64(86(48-27-9-6-10-28-48)62-42-20-18-40-60(62)82)74-76(70)88-78(84-74)56-36-24-34-54-50-30-12-16-38-58(50)80(3,4)72(54)56/h5-46H,1-4H3. The third kappa shape index (κ3) is 6.93. The third-order valence-corrected chi connectivity index (χ3v) is 24.5. The number of fused-ring (bicyclic) bond motifs is 20. The van der Waals surface area contributed by atoms with E-state index in [9.17, 15) is 0 Å². The van der Waals surface area contributed by atoms with Gasteiger partial charge in [0.1, 0.15) is 22.7 Å². The molecule has 4 heterocycles. The second-order valence-corrected chi connectivity index (χ2v) is 28.6. The van der Waals surface area contributed by atoms with E-state index in [4.69, 9.17) is 18.8 Å². The zero-order valence-electron chi connectivity index (χ0n) is 49.1. The Hall–Kier alpha value is -10.7. The number of hydrogen-bond donors (Lipinski definition) is 0. The summed E-state index contributed by atoms with van der Waals surface area (Å²) in [7, 11) is -3.69. The van der Waals surface area contributed by atoms with Gasteiger partial charge in [-0.1, -0.05) is 210 Å². The van der Waals surface area contributed by atoms with E-state index in [0.29, 0.717) is 56.7 Å². The van der Waals surface area contributed by atoms with Crippen molar-refractivity contribution in [2.24, 2.45) is 0 Å². The van der Waals surface area contributed by atoms with Gasteiger partial charge in [0.25, 0.3) is 0 Å². The fourth-order valence-electron chi connectivity index (χ4n) is 16.0. The number of halogens is 2. The van der Waals surface area contributed by atoms with Crippen molar-refractivity contribution in [2.75, 3.05) is 9.80 Å². The quantitative estimate of drug-likeness (QED) is 0.141. The van der Waals surface area contributed by atoms with Crippen LogP contribution in [0.2, 0.25) is 0 Å². The van der Waals surface area contributed by atoms with Crippen molar-refractivity contribution < 1.29 is 17.6 Å². The molecule has 0 fully saturated rings. The Balaban J connectivity index is 1.04. The fourth-order valence-corrected chi connectivity index (χ4v) is 21.6. The Morgan fingerprint density at radius 3 is 1.11 bits per heavy atom. The molecular weight excluding hydrogens is 1110 g/mol. The van der Waals surface area contributed by atoms with Gasteiger partial charge in [-0.25, -0.2) is 18.7 Å². The summed E-state index contributed by atoms with van der Waals surface area (Å²) in [4.78, 5) is 15.6. The third-order valence-electron chi connectivity index (χ3n) is 19.6. The van der Waals surface area contributed by atoms with Crippen LogP contribution in [0.15, 0.2) is 264 Å². The largest absolute Gasteiger partial charge is 0.435 e. The minimum absolute atomic E-state index is 0.355. The lowest BCUT2D eigenvalue weighted by Crippen LogP contribution is -2.70. The maximum Gasteiger partial charge on any atom is 0.227 e. The molecular formula is C80H54F2N4O2Si. The molecule has 14 aromatic rings. The van der Waals surface area contributed by atoms with Crippen LogP contribution < -0.4 is 30.5 Å². The van der Waals surface area contributed by atoms with Crippen LogP contribution in [0.3, 0.4) is 0 Å². The second-order valence-electron chi connectivity index (χ2n) is 24.9. The molecule has 0 unspecified atom stereocenters. The smallest absolute Gasteiger partial charge is 0.227 e. The molecule has 12 aromatic carbocycles. The zero-order valence-corrected chi connectivity index (χ0v) is 50.1. The maximum absolute atomic E-state index is 17.3. The molecule has 4 aliphatic rings. The summed E-state index contributed by atoms with van der Waals surface area (Å²) in [5.74, 6) is 0.0873. The Morgan fingerprint density at radius 1 is 0.337 bits per heavy atom. The van der Waals surface area contributed by atoms with E-state index in [1.807, 2.05) is 94.7 Å². The summed E-state index contributed by atoms with van der Waals surface area (Å²) in [6, 6.07) is 86.2. The van der Waals surface area contributed by atoms with Crippen LogP contribution in [0.1, 0.15) is 49.9 Å². The molecule has 2 aliphatic carbocycles. The monoisotopic (exact) mass is 1170 g/mol. The van der Waals surface area contributed by atoms with Gasteiger partial charge in [0.05, 0.1) is 22.7 Å². The van der Waals surface area contributed by atoms with Crippen molar-refractivity contribution in [1.82, 2.24) is 9.97 Å². The van der Waals surface area contributed by atoms with Crippen molar-refractivity contribution in [2.45, 2.75) is 38.5 Å². The minimum Gasteiger partial charge on any atom is -0.435 e. The van der Waals surface area contributed by atoms with E-state index in [1.165, 1.54) is 44.8 Å². The van der Waals surface area contributed by atoms with Crippen LogP contribution in [0.4, 0.5) is 42.9 Å². The van der Waals surface area contributed by atoms with Gasteiger partial charge in [0, 0.05) is 44.5 Å². The van der Waals surface area contributed by atoms with Gasteiger partial charge in [0.15, 0.2) is 19.2 Å². The van der Waals surface area contributed by atoms with Gasteiger partial charge in [-0.3, -0.25) is 0 Å². The van der Waals surface area contributed by atoms with Crippen molar-refractivity contribution >= 4 is 85.1 Å². The van der Waals surface area contributed by atoms with Gasteiger partial charge in [-0.2, -0.15) is 0 Å². The molecule has 0 atom stereocenters. The van der Waals surface area contributed by atoms with E-state index in [0.717, 1.165) is 77.4 Å². The molecule has 0 bridgehead atoms. The van der Waals surface area contributed by atoms with Crippen LogP contribution in [0, 0.1) is 11.6 Å². The lowest BCUT2D eigenvalue weighted by atomic mass is 9.80. The Bertz CT molecular complexity index is 5010. The number of rotatable bonds is 8. The zero-order chi connectivity index (χ0) is 59.7. The molecule has 6 nitrogen and oxygen atoms in total. The molecule has 18 rings (SSSR count). The molecule has 0 radical (unpaired) electrons. The van der Waals surface area contributed by atoms with Gasteiger partial charge in [-0.15, -0.1) is 0 Å². The van der Waals surface area contributed by atoms with Crippen molar-refractivity contribution in [3.8, 4) is 67.4 Å². The predicted molar refractivity (Wildman–Crippen MR) is 358 cm³/mol. The normalized spacial score (nSPS) is 14.4. The average molecular weight is 1170 g/mol. The molecule has 0 amide bonds. The number of nitrogens with zero attached hydrogens (tertiary/aromatic N) is 4.